The van der Waals surface area contributed by atoms with E-state index < -0.39 is 0 Å². The van der Waals surface area contributed by atoms with Gasteiger partial charge in [-0.3, -0.25) is 10.8 Å². The molecule has 0 atom stereocenters. The Morgan fingerprint density at radius 2 is 1.44 bits per heavy atom. The minimum atomic E-state index is 0.253. The van der Waals surface area contributed by atoms with Gasteiger partial charge in [0, 0.05) is 5.75 Å². The predicted octanol–water partition coefficient (Wildman–Crippen LogP) is 3.93. The summed E-state index contributed by atoms with van der Waals surface area (Å²) in [6.07, 6.45) is 7.88. The van der Waals surface area contributed by atoms with E-state index in [1.165, 1.54) is 50.3 Å². The Morgan fingerprint density at radius 3 is 1.83 bits per heavy atom. The van der Waals surface area contributed by atoms with Crippen LogP contribution in [0.2, 0.25) is 0 Å². The zero-order valence-corrected chi connectivity index (χ0v) is 12.8. The summed E-state index contributed by atoms with van der Waals surface area (Å²) < 4.78 is 0. The van der Waals surface area contributed by atoms with Crippen LogP contribution >= 0.6 is 23.5 Å². The van der Waals surface area contributed by atoms with E-state index in [0.29, 0.717) is 0 Å². The Hall–Kier alpha value is -0.160. The van der Waals surface area contributed by atoms with Gasteiger partial charge in [0.05, 0.1) is 5.04 Å². The van der Waals surface area contributed by atoms with E-state index in [-0.39, 0.29) is 5.17 Å². The summed E-state index contributed by atoms with van der Waals surface area (Å²) in [5.41, 5.74) is 5.34. The average molecular weight is 287 g/mol. The lowest BCUT2D eigenvalue weighted by Gasteiger charge is -2.28. The molecule has 5 heteroatoms. The number of rotatable bonds is 6. The molecule has 1 fully saturated rings. The number of nitrogens with two attached hydrogens (primary N) is 1. The van der Waals surface area contributed by atoms with Crippen LogP contribution in [0.15, 0.2) is 0 Å². The Balaban J connectivity index is 2.05. The third kappa shape index (κ3) is 7.31. The van der Waals surface area contributed by atoms with Crippen molar-refractivity contribution in [2.75, 3.05) is 11.5 Å². The Morgan fingerprint density at radius 1 is 1.00 bits per heavy atom. The summed E-state index contributed by atoms with van der Waals surface area (Å²) in [6, 6.07) is 0. The summed E-state index contributed by atoms with van der Waals surface area (Å²) >= 11 is 3.16. The van der Waals surface area contributed by atoms with E-state index >= 15 is 0 Å². The molecule has 0 aromatic carbocycles. The van der Waals surface area contributed by atoms with Crippen molar-refractivity contribution in [2.45, 2.75) is 45.4 Å². The monoisotopic (exact) mass is 287 g/mol. The van der Waals surface area contributed by atoms with Gasteiger partial charge < -0.3 is 5.73 Å². The first kappa shape index (κ1) is 15.9. The molecule has 3 nitrogen and oxygen atoms in total. The molecule has 1 aliphatic rings. The topological polar surface area (TPSA) is 73.7 Å². The molecule has 1 rings (SSSR count). The van der Waals surface area contributed by atoms with Gasteiger partial charge >= 0.3 is 0 Å². The van der Waals surface area contributed by atoms with Crippen molar-refractivity contribution < 1.29 is 0 Å². The standard InChI is InChI=1S/C13H25N3S2/c1-10(14)17-8-6-11-2-4-12(5-3-11)7-9-18-13(15)16/h11-12,14H,2-9H2,1H3,(H3,15,16). The highest BCUT2D eigenvalue weighted by Crippen LogP contribution is 2.33. The molecule has 104 valence electrons. The van der Waals surface area contributed by atoms with Crippen molar-refractivity contribution in [3.8, 4) is 0 Å². The third-order valence-corrected chi connectivity index (χ3v) is 5.22. The molecular weight excluding hydrogens is 262 g/mol. The third-order valence-electron chi connectivity index (χ3n) is 3.59. The molecule has 0 aliphatic heterocycles. The molecule has 1 saturated carbocycles. The fourth-order valence-electron chi connectivity index (χ4n) is 2.52. The fraction of sp³-hybridized carbons (Fsp3) is 0.846. The molecule has 4 N–H and O–H groups in total. The van der Waals surface area contributed by atoms with Gasteiger partial charge in [-0.2, -0.15) is 0 Å². The van der Waals surface area contributed by atoms with Gasteiger partial charge in [0.1, 0.15) is 0 Å². The zero-order chi connectivity index (χ0) is 13.4. The minimum absolute atomic E-state index is 0.253. The lowest BCUT2D eigenvalue weighted by atomic mass is 9.80. The molecular formula is C13H25N3S2. The van der Waals surface area contributed by atoms with Crippen molar-refractivity contribution in [3.63, 3.8) is 0 Å². The Kier molecular flexibility index (Phi) is 7.82. The maximum atomic E-state index is 7.39. The molecule has 0 radical (unpaired) electrons. The lowest BCUT2D eigenvalue weighted by molar-refractivity contribution is 0.266. The summed E-state index contributed by atoms with van der Waals surface area (Å²) in [5.74, 6) is 3.86. The molecule has 0 saturated heterocycles. The van der Waals surface area contributed by atoms with Crippen LogP contribution in [0.4, 0.5) is 0 Å². The second-order valence-corrected chi connectivity index (χ2v) is 7.53. The van der Waals surface area contributed by atoms with Crippen LogP contribution < -0.4 is 5.73 Å². The van der Waals surface area contributed by atoms with Crippen LogP contribution in [0, 0.1) is 22.7 Å². The van der Waals surface area contributed by atoms with Crippen LogP contribution in [-0.4, -0.2) is 21.7 Å². The molecule has 0 aromatic heterocycles. The largest absolute Gasteiger partial charge is 0.379 e. The van der Waals surface area contributed by atoms with Gasteiger partial charge in [-0.15, -0.1) is 11.8 Å². The van der Waals surface area contributed by atoms with E-state index in [9.17, 15) is 0 Å². The zero-order valence-electron chi connectivity index (χ0n) is 11.2. The van der Waals surface area contributed by atoms with E-state index in [4.69, 9.17) is 16.6 Å². The lowest BCUT2D eigenvalue weighted by Crippen LogP contribution is -2.16. The second kappa shape index (κ2) is 8.86. The highest BCUT2D eigenvalue weighted by molar-refractivity contribution is 8.13. The maximum Gasteiger partial charge on any atom is 0.151 e. The first-order valence-corrected chi connectivity index (χ1v) is 8.69. The first-order valence-electron chi connectivity index (χ1n) is 6.72. The Bertz CT molecular complexity index is 245. The highest BCUT2D eigenvalue weighted by Gasteiger charge is 2.20. The number of hydrogen-bond acceptors (Lipinski definition) is 4. The van der Waals surface area contributed by atoms with Crippen LogP contribution in [0.25, 0.3) is 0 Å². The van der Waals surface area contributed by atoms with Crippen molar-refractivity contribution >= 4 is 33.7 Å². The molecule has 0 unspecified atom stereocenters. The van der Waals surface area contributed by atoms with Crippen molar-refractivity contribution in [2.24, 2.45) is 17.6 Å². The van der Waals surface area contributed by atoms with Crippen molar-refractivity contribution in [1.82, 2.24) is 0 Å². The molecule has 18 heavy (non-hydrogen) atoms. The molecule has 0 heterocycles. The second-order valence-electron chi connectivity index (χ2n) is 5.08. The van der Waals surface area contributed by atoms with Crippen molar-refractivity contribution in [1.29, 1.82) is 10.8 Å². The normalized spacial score (nSPS) is 23.8. The average Bonchev–Trinajstić information content (AvgIpc) is 2.30. The quantitative estimate of drug-likeness (QED) is 0.512. The molecule has 0 bridgehead atoms. The predicted molar refractivity (Wildman–Crippen MR) is 84.9 cm³/mol. The fourth-order valence-corrected chi connectivity index (χ4v) is 3.95. The summed E-state index contributed by atoms with van der Waals surface area (Å²) in [7, 11) is 0. The van der Waals surface area contributed by atoms with E-state index in [2.05, 4.69) is 0 Å². The maximum absolute atomic E-state index is 7.39. The van der Waals surface area contributed by atoms with Crippen molar-refractivity contribution in [3.05, 3.63) is 0 Å². The van der Waals surface area contributed by atoms with Crippen LogP contribution in [0.1, 0.15) is 45.4 Å². The van der Waals surface area contributed by atoms with Crippen LogP contribution in [0.3, 0.4) is 0 Å². The van der Waals surface area contributed by atoms with E-state index in [0.717, 1.165) is 28.4 Å². The SMILES string of the molecule is CC(=N)SCCC1CCC(CCSC(=N)N)CC1. The summed E-state index contributed by atoms with van der Waals surface area (Å²) in [4.78, 5) is 0. The minimum Gasteiger partial charge on any atom is -0.379 e. The molecule has 0 spiro atoms. The highest BCUT2D eigenvalue weighted by atomic mass is 32.2. The first-order chi connectivity index (χ1) is 8.58. The molecule has 0 amide bonds. The number of hydrogen-bond donors (Lipinski definition) is 3. The number of nitrogens with one attached hydrogen (secondary N) is 2. The number of amidine groups is 1. The molecule has 1 aliphatic carbocycles. The smallest absolute Gasteiger partial charge is 0.151 e. The Labute approximate surface area is 119 Å². The van der Waals surface area contributed by atoms with Crippen LogP contribution in [0.5, 0.6) is 0 Å². The number of thioether (sulfide) groups is 2. The van der Waals surface area contributed by atoms with Gasteiger partial charge in [-0.1, -0.05) is 37.4 Å². The summed E-state index contributed by atoms with van der Waals surface area (Å²) in [6.45, 7) is 1.87. The van der Waals surface area contributed by atoms with Gasteiger partial charge in [0.2, 0.25) is 0 Å². The van der Waals surface area contributed by atoms with Gasteiger partial charge in [-0.25, -0.2) is 0 Å². The van der Waals surface area contributed by atoms with Gasteiger partial charge in [0.15, 0.2) is 5.17 Å². The summed E-state index contributed by atoms with van der Waals surface area (Å²) in [5, 5.41) is 15.6. The van der Waals surface area contributed by atoms with Crippen LogP contribution in [-0.2, 0) is 0 Å². The van der Waals surface area contributed by atoms with E-state index in [1.807, 2.05) is 6.92 Å². The molecule has 0 aromatic rings. The van der Waals surface area contributed by atoms with Gasteiger partial charge in [0.25, 0.3) is 0 Å². The van der Waals surface area contributed by atoms with Gasteiger partial charge in [-0.05, 0) is 37.4 Å². The van der Waals surface area contributed by atoms with E-state index in [1.54, 1.807) is 11.8 Å².